The second kappa shape index (κ2) is 14.5. The molecule has 1 N–H and O–H groups in total. The molecule has 0 unspecified atom stereocenters. The summed E-state index contributed by atoms with van der Waals surface area (Å²) < 4.78 is 13.6. The van der Waals surface area contributed by atoms with Crippen LogP contribution < -0.4 is 0 Å². The molecular weight excluding hydrogens is 624 g/mol. The molecule has 0 radical (unpaired) electrons. The molecule has 7 rings (SSSR count). The molecule has 254 valence electrons. The third-order valence-corrected chi connectivity index (χ3v) is 10.2. The summed E-state index contributed by atoms with van der Waals surface area (Å²) in [5.74, 6) is -0.478. The molecule has 7 heteroatoms. The van der Waals surface area contributed by atoms with E-state index >= 15 is 0 Å². The van der Waals surface area contributed by atoms with Crippen molar-refractivity contribution in [3.8, 4) is 11.1 Å². The van der Waals surface area contributed by atoms with Crippen LogP contribution in [0, 0.1) is 5.92 Å². The number of nitrogens with zero attached hydrogens (tertiary/aromatic N) is 2. The maximum atomic E-state index is 13.0. The van der Waals surface area contributed by atoms with E-state index in [1.54, 1.807) is 24.3 Å². The second-order valence-electron chi connectivity index (χ2n) is 13.4. The van der Waals surface area contributed by atoms with Crippen LogP contribution in [-0.4, -0.2) is 46.4 Å². The van der Waals surface area contributed by atoms with E-state index in [1.807, 2.05) is 72.8 Å². The van der Waals surface area contributed by atoms with Crippen molar-refractivity contribution >= 4 is 11.8 Å². The lowest BCUT2D eigenvalue weighted by atomic mass is 9.89. The quantitative estimate of drug-likeness (QED) is 0.152. The number of aliphatic hydroxyl groups is 1. The predicted molar refractivity (Wildman–Crippen MR) is 193 cm³/mol. The highest BCUT2D eigenvalue weighted by Gasteiger charge is 2.39. The Bertz CT molecular complexity index is 1940. The monoisotopic (exact) mass is 666 g/mol. The van der Waals surface area contributed by atoms with Crippen molar-refractivity contribution in [3.63, 3.8) is 0 Å². The van der Waals surface area contributed by atoms with E-state index < -0.39 is 6.29 Å². The van der Waals surface area contributed by atoms with E-state index in [4.69, 9.17) is 9.47 Å². The molecule has 2 aliphatic rings. The van der Waals surface area contributed by atoms with E-state index in [0.29, 0.717) is 17.7 Å². The highest BCUT2D eigenvalue weighted by atomic mass is 16.7. The Morgan fingerprint density at radius 1 is 0.720 bits per heavy atom. The number of rotatable bonds is 10. The van der Waals surface area contributed by atoms with Crippen LogP contribution in [0.2, 0.25) is 0 Å². The van der Waals surface area contributed by atoms with Crippen LogP contribution >= 0.6 is 0 Å². The zero-order chi connectivity index (χ0) is 34.8. The number of likely N-dealkylation sites (N-methyl/N-ethyl adjacent to an activating group) is 1. The summed E-state index contributed by atoms with van der Waals surface area (Å²) in [6.45, 7) is 5.29. The summed E-state index contributed by atoms with van der Waals surface area (Å²) in [7, 11) is 2.14. The maximum Gasteiger partial charge on any atom is 0.261 e. The molecule has 0 spiro atoms. The fraction of sp³-hybridized carbons (Fsp3) is 0.256. The van der Waals surface area contributed by atoms with Crippen molar-refractivity contribution in [1.82, 2.24) is 9.80 Å². The first-order chi connectivity index (χ1) is 24.3. The van der Waals surface area contributed by atoms with Gasteiger partial charge >= 0.3 is 0 Å². The molecule has 2 heterocycles. The smallest absolute Gasteiger partial charge is 0.261 e. The lowest BCUT2D eigenvalue weighted by Gasteiger charge is -2.43. The third kappa shape index (κ3) is 6.78. The minimum atomic E-state index is -0.611. The first kappa shape index (κ1) is 33.6. The van der Waals surface area contributed by atoms with Crippen LogP contribution in [0.1, 0.15) is 80.8 Å². The van der Waals surface area contributed by atoms with Gasteiger partial charge in [0.2, 0.25) is 0 Å². The van der Waals surface area contributed by atoms with Gasteiger partial charge in [-0.05, 0) is 71.6 Å². The summed E-state index contributed by atoms with van der Waals surface area (Å²) in [6, 6.07) is 41.8. The molecule has 5 aromatic rings. The first-order valence-corrected chi connectivity index (χ1v) is 17.2. The van der Waals surface area contributed by atoms with Gasteiger partial charge in [0.1, 0.15) is 0 Å². The molecule has 0 saturated carbocycles. The number of hydrogen-bond donors (Lipinski definition) is 1. The minimum Gasteiger partial charge on any atom is -0.392 e. The van der Waals surface area contributed by atoms with Crippen molar-refractivity contribution in [2.24, 2.45) is 5.92 Å². The standard InChI is InChI=1S/C43H42N2O5/c1-28-39(26-44(3)29(2)32-12-5-4-6-13-32)49-43(50-40(28)33-21-19-30(27-46)20-22-33)36-16-10-15-35(24-36)34-14-9-11-31(23-34)25-45-41(47)37-17-7-8-18-38(37)42(45)48/h4-24,28-29,39-40,43,46H,25-27H2,1-3H3/t28-,29-,39+,40+,43+/m0/s1. The number of hydrogen-bond acceptors (Lipinski definition) is 6. The molecule has 5 atom stereocenters. The fourth-order valence-electron chi connectivity index (χ4n) is 7.04. The van der Waals surface area contributed by atoms with Gasteiger partial charge in [-0.3, -0.25) is 19.4 Å². The van der Waals surface area contributed by atoms with Crippen LogP contribution in [0.4, 0.5) is 0 Å². The first-order valence-electron chi connectivity index (χ1n) is 17.2. The zero-order valence-electron chi connectivity index (χ0n) is 28.6. The predicted octanol–water partition coefficient (Wildman–Crippen LogP) is 8.13. The van der Waals surface area contributed by atoms with Crippen LogP contribution in [0.25, 0.3) is 11.1 Å². The van der Waals surface area contributed by atoms with Crippen molar-refractivity contribution in [2.75, 3.05) is 13.6 Å². The molecule has 0 aliphatic carbocycles. The van der Waals surface area contributed by atoms with Crippen molar-refractivity contribution in [2.45, 2.75) is 51.5 Å². The summed E-state index contributed by atoms with van der Waals surface area (Å²) in [4.78, 5) is 29.7. The molecule has 7 nitrogen and oxygen atoms in total. The maximum absolute atomic E-state index is 13.0. The Labute approximate surface area is 293 Å². The minimum absolute atomic E-state index is 0.00974. The highest BCUT2D eigenvalue weighted by Crippen LogP contribution is 2.43. The van der Waals surface area contributed by atoms with Gasteiger partial charge in [0.15, 0.2) is 6.29 Å². The van der Waals surface area contributed by atoms with E-state index in [0.717, 1.165) is 33.4 Å². The molecule has 1 saturated heterocycles. The highest BCUT2D eigenvalue weighted by molar-refractivity contribution is 6.21. The summed E-state index contributed by atoms with van der Waals surface area (Å²) in [5, 5.41) is 9.65. The van der Waals surface area contributed by atoms with Crippen LogP contribution in [0.15, 0.2) is 127 Å². The van der Waals surface area contributed by atoms with Gasteiger partial charge in [-0.15, -0.1) is 0 Å². The van der Waals surface area contributed by atoms with E-state index in [1.165, 1.54) is 10.5 Å². The van der Waals surface area contributed by atoms with Crippen molar-refractivity contribution in [1.29, 1.82) is 0 Å². The number of ether oxygens (including phenoxy) is 2. The van der Waals surface area contributed by atoms with Crippen molar-refractivity contribution < 1.29 is 24.2 Å². The molecule has 2 aliphatic heterocycles. The molecule has 1 fully saturated rings. The van der Waals surface area contributed by atoms with Gasteiger partial charge in [-0.1, -0.05) is 110 Å². The van der Waals surface area contributed by atoms with Crippen molar-refractivity contribution in [3.05, 3.63) is 166 Å². The number of carbonyl (C=O) groups is 2. The Hall–Kier alpha value is -4.92. The summed E-state index contributed by atoms with van der Waals surface area (Å²) >= 11 is 0. The number of imide groups is 1. The molecule has 0 bridgehead atoms. The SMILES string of the molecule is C[C@H]1[C@@H](CN(C)[C@@H](C)c2ccccc2)O[C@@H](c2cccc(-c3cccc(CN4C(=O)c5ccccc5C4=O)c3)c2)O[C@H]1c1ccc(CO)cc1. The van der Waals surface area contributed by atoms with E-state index in [9.17, 15) is 14.7 Å². The number of fused-ring (bicyclic) bond motifs is 1. The van der Waals surface area contributed by atoms with E-state index in [2.05, 4.69) is 56.1 Å². The lowest BCUT2D eigenvalue weighted by Crippen LogP contribution is -2.44. The molecule has 50 heavy (non-hydrogen) atoms. The van der Waals surface area contributed by atoms with Gasteiger partial charge in [0.25, 0.3) is 11.8 Å². The normalized spacial score (nSPS) is 21.0. The average Bonchev–Trinajstić information content (AvgIpc) is 3.40. The summed E-state index contributed by atoms with van der Waals surface area (Å²) in [5.41, 5.74) is 7.76. The topological polar surface area (TPSA) is 79.3 Å². The largest absolute Gasteiger partial charge is 0.392 e. The lowest BCUT2D eigenvalue weighted by molar-refractivity contribution is -0.276. The molecular formula is C43H42N2O5. The van der Waals surface area contributed by atoms with Gasteiger partial charge in [-0.25, -0.2) is 0 Å². The number of benzene rings is 5. The number of carbonyl (C=O) groups excluding carboxylic acids is 2. The van der Waals surface area contributed by atoms with Gasteiger partial charge in [-0.2, -0.15) is 0 Å². The van der Waals surface area contributed by atoms with Gasteiger partial charge in [0, 0.05) is 24.1 Å². The molecule has 2 amide bonds. The fourth-order valence-corrected chi connectivity index (χ4v) is 7.04. The number of aliphatic hydroxyl groups excluding tert-OH is 1. The Kier molecular flexibility index (Phi) is 9.74. The Morgan fingerprint density at radius 2 is 1.36 bits per heavy atom. The Balaban J connectivity index is 1.14. The van der Waals surface area contributed by atoms with Crippen LogP contribution in [0.5, 0.6) is 0 Å². The Morgan fingerprint density at radius 3 is 2.04 bits per heavy atom. The zero-order valence-corrected chi connectivity index (χ0v) is 28.6. The molecule has 5 aromatic carbocycles. The van der Waals surface area contributed by atoms with Crippen LogP contribution in [-0.2, 0) is 22.6 Å². The average molecular weight is 667 g/mol. The molecule has 0 aromatic heterocycles. The number of amides is 2. The summed E-state index contributed by atoms with van der Waals surface area (Å²) in [6.07, 6.45) is -0.960. The van der Waals surface area contributed by atoms with Gasteiger partial charge in [0.05, 0.1) is 36.5 Å². The third-order valence-electron chi connectivity index (χ3n) is 10.2. The van der Waals surface area contributed by atoms with Crippen LogP contribution in [0.3, 0.4) is 0 Å². The van der Waals surface area contributed by atoms with E-state index in [-0.39, 0.29) is 49.1 Å². The van der Waals surface area contributed by atoms with Gasteiger partial charge < -0.3 is 14.6 Å². The second-order valence-corrected chi connectivity index (χ2v) is 13.4.